The summed E-state index contributed by atoms with van der Waals surface area (Å²) < 4.78 is 52.8. The number of aryl methyl sites for hydroxylation is 1. The van der Waals surface area contributed by atoms with Gasteiger partial charge in [0.15, 0.2) is 5.69 Å². The zero-order chi connectivity index (χ0) is 20.3. The van der Waals surface area contributed by atoms with Crippen LogP contribution in [0.4, 0.5) is 23.2 Å². The number of alkyl halides is 3. The number of amides is 1. The summed E-state index contributed by atoms with van der Waals surface area (Å²) in [7, 11) is 1.34. The molecule has 1 N–H and O–H groups in total. The average Bonchev–Trinajstić information content (AvgIpc) is 3.05. The van der Waals surface area contributed by atoms with Crippen molar-refractivity contribution >= 4 is 11.6 Å². The van der Waals surface area contributed by atoms with Crippen LogP contribution in [0.3, 0.4) is 0 Å². The van der Waals surface area contributed by atoms with Crippen molar-refractivity contribution in [3.63, 3.8) is 0 Å². The Kier molecular flexibility index (Phi) is 5.87. The summed E-state index contributed by atoms with van der Waals surface area (Å²) in [6.45, 7) is 3.76. The second-order valence-electron chi connectivity index (χ2n) is 6.62. The molecule has 3 rings (SSSR count). The topological polar surface area (TPSA) is 53.4 Å². The normalized spacial score (nSPS) is 15.7. The van der Waals surface area contributed by atoms with Crippen LogP contribution in [-0.2, 0) is 13.2 Å². The van der Waals surface area contributed by atoms with Crippen molar-refractivity contribution in [3.8, 4) is 0 Å². The number of halogens is 4. The minimum Gasteiger partial charge on any atom is -0.369 e. The Morgan fingerprint density at radius 1 is 1.14 bits per heavy atom. The molecule has 1 saturated heterocycles. The first kappa shape index (κ1) is 20.1. The van der Waals surface area contributed by atoms with Crippen molar-refractivity contribution in [2.24, 2.45) is 7.05 Å². The van der Waals surface area contributed by atoms with Crippen molar-refractivity contribution in [1.29, 1.82) is 0 Å². The third-order valence-corrected chi connectivity index (χ3v) is 4.62. The van der Waals surface area contributed by atoms with E-state index in [1.54, 1.807) is 12.1 Å². The maximum absolute atomic E-state index is 13.0. The summed E-state index contributed by atoms with van der Waals surface area (Å²) in [4.78, 5) is 16.4. The first-order valence-corrected chi connectivity index (χ1v) is 8.86. The number of nitrogens with one attached hydrogen (secondary N) is 1. The van der Waals surface area contributed by atoms with E-state index in [1.807, 2.05) is 0 Å². The van der Waals surface area contributed by atoms with Crippen LogP contribution in [0, 0.1) is 5.82 Å². The SMILES string of the molecule is Cn1cc(C(=O)NCCN2CCN(c3ccc(F)cc3)CC2)c(C(F)(F)F)n1. The third kappa shape index (κ3) is 4.80. The number of aromatic nitrogens is 2. The van der Waals surface area contributed by atoms with Crippen molar-refractivity contribution in [3.05, 3.63) is 47.5 Å². The summed E-state index contributed by atoms with van der Waals surface area (Å²) >= 11 is 0. The van der Waals surface area contributed by atoms with Crippen LogP contribution in [0.25, 0.3) is 0 Å². The van der Waals surface area contributed by atoms with Gasteiger partial charge in [-0.05, 0) is 24.3 Å². The number of hydrogen-bond donors (Lipinski definition) is 1. The molecule has 0 aliphatic carbocycles. The molecule has 0 radical (unpaired) electrons. The average molecular weight is 399 g/mol. The molecule has 0 spiro atoms. The molecule has 28 heavy (non-hydrogen) atoms. The second kappa shape index (κ2) is 8.17. The Morgan fingerprint density at radius 2 is 1.79 bits per heavy atom. The van der Waals surface area contributed by atoms with Gasteiger partial charge in [-0.2, -0.15) is 18.3 Å². The first-order chi connectivity index (χ1) is 13.2. The third-order valence-electron chi connectivity index (χ3n) is 4.62. The molecular weight excluding hydrogens is 378 g/mol. The molecular formula is C18H21F4N5O. The predicted octanol–water partition coefficient (Wildman–Crippen LogP) is 2.13. The lowest BCUT2D eigenvalue weighted by Gasteiger charge is -2.36. The van der Waals surface area contributed by atoms with E-state index in [2.05, 4.69) is 20.2 Å². The van der Waals surface area contributed by atoms with Gasteiger partial charge in [-0.1, -0.05) is 0 Å². The molecule has 0 saturated carbocycles. The number of anilines is 1. The van der Waals surface area contributed by atoms with E-state index in [0.29, 0.717) is 6.54 Å². The lowest BCUT2D eigenvalue weighted by molar-refractivity contribution is -0.141. The Balaban J connectivity index is 1.46. The number of nitrogens with zero attached hydrogens (tertiary/aromatic N) is 4. The summed E-state index contributed by atoms with van der Waals surface area (Å²) in [5.41, 5.74) is -0.706. The highest BCUT2D eigenvalue weighted by Gasteiger charge is 2.38. The number of piperazine rings is 1. The summed E-state index contributed by atoms with van der Waals surface area (Å²) in [5.74, 6) is -1.06. The minimum atomic E-state index is -4.68. The molecule has 2 aromatic rings. The Hall–Kier alpha value is -2.62. The highest BCUT2D eigenvalue weighted by molar-refractivity contribution is 5.95. The molecule has 0 bridgehead atoms. The number of carbonyl (C=O) groups excluding carboxylic acids is 1. The van der Waals surface area contributed by atoms with Gasteiger partial charge in [0.2, 0.25) is 0 Å². The van der Waals surface area contributed by atoms with Crippen LogP contribution in [0.5, 0.6) is 0 Å². The molecule has 0 unspecified atom stereocenters. The fraction of sp³-hybridized carbons (Fsp3) is 0.444. The maximum Gasteiger partial charge on any atom is 0.435 e. The van der Waals surface area contributed by atoms with Gasteiger partial charge in [-0.15, -0.1) is 0 Å². The number of hydrogen-bond acceptors (Lipinski definition) is 4. The number of rotatable bonds is 5. The molecule has 0 atom stereocenters. The Bertz CT molecular complexity index is 810. The van der Waals surface area contributed by atoms with E-state index in [4.69, 9.17) is 0 Å². The standard InChI is InChI=1S/C18H21F4N5O/c1-25-12-15(16(24-25)18(20,21)22)17(28)23-6-7-26-8-10-27(11-9-26)14-4-2-13(19)3-5-14/h2-5,12H,6-11H2,1H3,(H,23,28). The summed E-state index contributed by atoms with van der Waals surface area (Å²) in [5, 5.41) is 5.87. The first-order valence-electron chi connectivity index (χ1n) is 8.86. The fourth-order valence-electron chi connectivity index (χ4n) is 3.17. The lowest BCUT2D eigenvalue weighted by atomic mass is 10.2. The highest BCUT2D eigenvalue weighted by Crippen LogP contribution is 2.30. The summed E-state index contributed by atoms with van der Waals surface area (Å²) in [6.07, 6.45) is -3.61. The van der Waals surface area contributed by atoms with Gasteiger partial charge in [-0.3, -0.25) is 14.4 Å². The summed E-state index contributed by atoms with van der Waals surface area (Å²) in [6, 6.07) is 6.31. The molecule has 6 nitrogen and oxygen atoms in total. The van der Waals surface area contributed by atoms with E-state index in [1.165, 1.54) is 19.2 Å². The molecule has 2 heterocycles. The van der Waals surface area contributed by atoms with Crippen LogP contribution in [0.2, 0.25) is 0 Å². The van der Waals surface area contributed by atoms with E-state index >= 15 is 0 Å². The van der Waals surface area contributed by atoms with Gasteiger partial charge in [0.1, 0.15) is 5.82 Å². The van der Waals surface area contributed by atoms with Gasteiger partial charge >= 0.3 is 6.18 Å². The fourth-order valence-corrected chi connectivity index (χ4v) is 3.17. The van der Waals surface area contributed by atoms with Gasteiger partial charge in [0.25, 0.3) is 5.91 Å². The largest absolute Gasteiger partial charge is 0.435 e. The van der Waals surface area contributed by atoms with Crippen LogP contribution in [0.1, 0.15) is 16.1 Å². The van der Waals surface area contributed by atoms with Crippen LogP contribution < -0.4 is 10.2 Å². The zero-order valence-corrected chi connectivity index (χ0v) is 15.3. The molecule has 152 valence electrons. The molecule has 1 amide bonds. The number of carbonyl (C=O) groups is 1. The highest BCUT2D eigenvalue weighted by atomic mass is 19.4. The quantitative estimate of drug-likeness (QED) is 0.783. The lowest BCUT2D eigenvalue weighted by Crippen LogP contribution is -2.48. The van der Waals surface area contributed by atoms with E-state index in [0.717, 1.165) is 42.7 Å². The van der Waals surface area contributed by atoms with E-state index in [9.17, 15) is 22.4 Å². The van der Waals surface area contributed by atoms with Gasteiger partial charge in [0.05, 0.1) is 5.56 Å². The van der Waals surface area contributed by atoms with Crippen LogP contribution in [-0.4, -0.2) is 59.9 Å². The molecule has 1 aliphatic rings. The van der Waals surface area contributed by atoms with E-state index < -0.39 is 23.3 Å². The van der Waals surface area contributed by atoms with Crippen LogP contribution >= 0.6 is 0 Å². The Labute approximate surface area is 159 Å². The predicted molar refractivity (Wildman–Crippen MR) is 95.6 cm³/mol. The van der Waals surface area contributed by atoms with Crippen LogP contribution in [0.15, 0.2) is 30.5 Å². The van der Waals surface area contributed by atoms with Crippen molar-refractivity contribution in [2.75, 3.05) is 44.2 Å². The molecule has 1 aromatic carbocycles. The van der Waals surface area contributed by atoms with Crippen molar-refractivity contribution in [2.45, 2.75) is 6.18 Å². The molecule has 1 aliphatic heterocycles. The smallest absolute Gasteiger partial charge is 0.369 e. The van der Waals surface area contributed by atoms with Crippen molar-refractivity contribution in [1.82, 2.24) is 20.0 Å². The molecule has 10 heteroatoms. The maximum atomic E-state index is 13.0. The van der Waals surface area contributed by atoms with E-state index in [-0.39, 0.29) is 12.4 Å². The zero-order valence-electron chi connectivity index (χ0n) is 15.3. The van der Waals surface area contributed by atoms with Crippen molar-refractivity contribution < 1.29 is 22.4 Å². The molecule has 1 fully saturated rings. The van der Waals surface area contributed by atoms with Gasteiger partial charge < -0.3 is 10.2 Å². The van der Waals surface area contributed by atoms with Gasteiger partial charge in [-0.25, -0.2) is 4.39 Å². The number of benzene rings is 1. The monoisotopic (exact) mass is 399 g/mol. The Morgan fingerprint density at radius 3 is 2.39 bits per heavy atom. The molecule has 1 aromatic heterocycles. The van der Waals surface area contributed by atoms with Gasteiger partial charge in [0, 0.05) is 58.2 Å². The minimum absolute atomic E-state index is 0.238. The second-order valence-corrected chi connectivity index (χ2v) is 6.62.